The minimum atomic E-state index is -1.17. The van der Waals surface area contributed by atoms with Crippen LogP contribution in [0.2, 0.25) is 0 Å². The van der Waals surface area contributed by atoms with Crippen LogP contribution in [0.1, 0.15) is 5.56 Å². The molecule has 6 heteroatoms. The van der Waals surface area contributed by atoms with E-state index >= 15 is 0 Å². The van der Waals surface area contributed by atoms with Crippen molar-refractivity contribution < 1.29 is 19.5 Å². The monoisotopic (exact) mass is 290 g/mol. The van der Waals surface area contributed by atoms with Gasteiger partial charge in [-0.3, -0.25) is 4.90 Å². The lowest BCUT2D eigenvalue weighted by atomic mass is 10.2. The lowest BCUT2D eigenvalue weighted by Gasteiger charge is -2.33. The van der Waals surface area contributed by atoms with Gasteiger partial charge in [-0.2, -0.15) is 0 Å². The molecule has 0 aliphatic carbocycles. The molecule has 1 aromatic rings. The van der Waals surface area contributed by atoms with E-state index < -0.39 is 11.9 Å². The maximum absolute atomic E-state index is 11.4. The molecule has 1 saturated heterocycles. The van der Waals surface area contributed by atoms with E-state index in [1.165, 1.54) is 5.56 Å². The van der Waals surface area contributed by atoms with E-state index in [-0.39, 0.29) is 0 Å². The Bertz CT molecular complexity index is 508. The first-order chi connectivity index (χ1) is 10.1. The molecule has 1 N–H and O–H groups in total. The average Bonchev–Trinajstić information content (AvgIpc) is 2.48. The highest BCUT2D eigenvalue weighted by molar-refractivity contribution is 5.90. The first-order valence-electron chi connectivity index (χ1n) is 6.77. The highest BCUT2D eigenvalue weighted by atomic mass is 16.7. The molecule has 0 spiro atoms. The number of hydrogen-bond donors (Lipinski definition) is 1. The Morgan fingerprint density at radius 1 is 1.10 bits per heavy atom. The molecule has 0 bridgehead atoms. The van der Waals surface area contributed by atoms with Crippen molar-refractivity contribution >= 4 is 11.9 Å². The summed E-state index contributed by atoms with van der Waals surface area (Å²) >= 11 is 0. The third-order valence-corrected chi connectivity index (χ3v) is 3.16. The van der Waals surface area contributed by atoms with Crippen LogP contribution in [0.4, 0.5) is 0 Å². The fourth-order valence-electron chi connectivity index (χ4n) is 2.12. The van der Waals surface area contributed by atoms with E-state index in [0.717, 1.165) is 31.8 Å². The molecule has 0 saturated carbocycles. The van der Waals surface area contributed by atoms with Crippen molar-refractivity contribution in [2.24, 2.45) is 0 Å². The number of aliphatic carboxylic acids is 1. The maximum atomic E-state index is 11.4. The highest BCUT2D eigenvalue weighted by Gasteiger charge is 2.19. The van der Waals surface area contributed by atoms with Crippen molar-refractivity contribution in [1.82, 2.24) is 9.96 Å². The SMILES string of the molecule is O=C(O)/C=C/C(=O)ON1CCN(Cc2ccccc2)CC1. The number of carbonyl (C=O) groups excluding carboxylic acids is 1. The second-order valence-electron chi connectivity index (χ2n) is 4.77. The van der Waals surface area contributed by atoms with Gasteiger partial charge in [0.05, 0.1) is 0 Å². The van der Waals surface area contributed by atoms with Crippen LogP contribution in [0, 0.1) is 0 Å². The van der Waals surface area contributed by atoms with Crippen molar-refractivity contribution in [2.45, 2.75) is 6.54 Å². The molecule has 0 radical (unpaired) electrons. The average molecular weight is 290 g/mol. The van der Waals surface area contributed by atoms with E-state index in [1.807, 2.05) is 18.2 Å². The topological polar surface area (TPSA) is 70.1 Å². The first kappa shape index (κ1) is 15.2. The van der Waals surface area contributed by atoms with E-state index in [0.29, 0.717) is 13.1 Å². The van der Waals surface area contributed by atoms with Gasteiger partial charge in [0.1, 0.15) is 0 Å². The van der Waals surface area contributed by atoms with E-state index in [2.05, 4.69) is 17.0 Å². The number of carbonyl (C=O) groups is 2. The minimum Gasteiger partial charge on any atom is -0.478 e. The van der Waals surface area contributed by atoms with Gasteiger partial charge in [0.2, 0.25) is 0 Å². The molecular formula is C15H18N2O4. The van der Waals surface area contributed by atoms with Crippen LogP contribution in [0.5, 0.6) is 0 Å². The second kappa shape index (κ2) is 7.56. The van der Waals surface area contributed by atoms with Gasteiger partial charge >= 0.3 is 11.9 Å². The lowest BCUT2D eigenvalue weighted by molar-refractivity contribution is -0.191. The van der Waals surface area contributed by atoms with Gasteiger partial charge in [-0.1, -0.05) is 30.3 Å². The van der Waals surface area contributed by atoms with Crippen LogP contribution in [0.3, 0.4) is 0 Å². The third kappa shape index (κ3) is 5.37. The van der Waals surface area contributed by atoms with Crippen LogP contribution >= 0.6 is 0 Å². The number of piperazine rings is 1. The molecule has 1 aliphatic heterocycles. The van der Waals surface area contributed by atoms with Crippen molar-refractivity contribution in [3.8, 4) is 0 Å². The summed E-state index contributed by atoms with van der Waals surface area (Å²) in [5.41, 5.74) is 1.26. The van der Waals surface area contributed by atoms with E-state index in [4.69, 9.17) is 9.94 Å². The summed E-state index contributed by atoms with van der Waals surface area (Å²) in [7, 11) is 0. The molecule has 2 rings (SSSR count). The standard InChI is InChI=1S/C15H18N2O4/c18-14(19)6-7-15(20)21-17-10-8-16(9-11-17)12-13-4-2-1-3-5-13/h1-7H,8-12H2,(H,18,19)/b7-6+. The Morgan fingerprint density at radius 3 is 2.38 bits per heavy atom. The Labute approximate surface area is 123 Å². The smallest absolute Gasteiger partial charge is 0.349 e. The molecule has 0 atom stereocenters. The number of benzene rings is 1. The number of carboxylic acids is 1. The second-order valence-corrected chi connectivity index (χ2v) is 4.77. The molecule has 0 amide bonds. The molecule has 21 heavy (non-hydrogen) atoms. The fraction of sp³-hybridized carbons (Fsp3) is 0.333. The maximum Gasteiger partial charge on any atom is 0.349 e. The van der Waals surface area contributed by atoms with Crippen LogP contribution in [-0.4, -0.2) is 53.2 Å². The quantitative estimate of drug-likeness (QED) is 0.813. The Kier molecular flexibility index (Phi) is 5.48. The zero-order valence-corrected chi connectivity index (χ0v) is 11.6. The van der Waals surface area contributed by atoms with Crippen LogP contribution in [0.25, 0.3) is 0 Å². The number of hydroxylamine groups is 2. The van der Waals surface area contributed by atoms with Crippen LogP contribution < -0.4 is 0 Å². The van der Waals surface area contributed by atoms with Gasteiger partial charge in [-0.05, 0) is 5.56 Å². The van der Waals surface area contributed by atoms with Gasteiger partial charge in [-0.25, -0.2) is 9.59 Å². The number of nitrogens with zero attached hydrogens (tertiary/aromatic N) is 2. The van der Waals surface area contributed by atoms with Gasteiger partial charge < -0.3 is 9.94 Å². The van der Waals surface area contributed by atoms with Crippen molar-refractivity contribution in [3.05, 3.63) is 48.0 Å². The van der Waals surface area contributed by atoms with Gasteiger partial charge in [0.25, 0.3) is 0 Å². The minimum absolute atomic E-state index is 0.611. The zero-order valence-electron chi connectivity index (χ0n) is 11.6. The summed E-state index contributed by atoms with van der Waals surface area (Å²) < 4.78 is 0. The first-order valence-corrected chi connectivity index (χ1v) is 6.77. The number of carboxylic acid groups (broad SMARTS) is 1. The molecule has 6 nitrogen and oxygen atoms in total. The summed E-state index contributed by atoms with van der Waals surface area (Å²) in [5, 5.41) is 9.99. The number of hydrogen-bond acceptors (Lipinski definition) is 5. The lowest BCUT2D eigenvalue weighted by Crippen LogP contribution is -2.46. The predicted molar refractivity (Wildman–Crippen MR) is 76.2 cm³/mol. The molecule has 1 heterocycles. The van der Waals surface area contributed by atoms with Crippen molar-refractivity contribution in [2.75, 3.05) is 26.2 Å². The van der Waals surface area contributed by atoms with Gasteiger partial charge in [-0.15, -0.1) is 5.06 Å². The summed E-state index contributed by atoms with van der Waals surface area (Å²) in [4.78, 5) is 29.0. The summed E-state index contributed by atoms with van der Waals surface area (Å²) in [5.74, 6) is -1.83. The normalized spacial score (nSPS) is 17.0. The third-order valence-electron chi connectivity index (χ3n) is 3.16. The largest absolute Gasteiger partial charge is 0.478 e. The highest BCUT2D eigenvalue weighted by Crippen LogP contribution is 2.08. The molecule has 1 aliphatic rings. The Hall–Kier alpha value is -2.18. The molecular weight excluding hydrogens is 272 g/mol. The zero-order chi connectivity index (χ0) is 15.1. The molecule has 0 aromatic heterocycles. The van der Waals surface area contributed by atoms with Crippen LogP contribution in [-0.2, 0) is 21.0 Å². The van der Waals surface area contributed by atoms with Gasteiger partial charge in [0, 0.05) is 44.9 Å². The van der Waals surface area contributed by atoms with Crippen molar-refractivity contribution in [3.63, 3.8) is 0 Å². The van der Waals surface area contributed by atoms with Crippen LogP contribution in [0.15, 0.2) is 42.5 Å². The summed E-state index contributed by atoms with van der Waals surface area (Å²) in [6.45, 7) is 3.69. The van der Waals surface area contributed by atoms with Crippen molar-refractivity contribution in [1.29, 1.82) is 0 Å². The summed E-state index contributed by atoms with van der Waals surface area (Å²) in [6.07, 6.45) is 1.69. The Morgan fingerprint density at radius 2 is 1.76 bits per heavy atom. The molecule has 0 unspecified atom stereocenters. The summed E-state index contributed by atoms with van der Waals surface area (Å²) in [6, 6.07) is 10.2. The van der Waals surface area contributed by atoms with E-state index in [1.54, 1.807) is 5.06 Å². The molecule has 1 aromatic carbocycles. The molecule has 1 fully saturated rings. The number of rotatable bonds is 5. The predicted octanol–water partition coefficient (Wildman–Crippen LogP) is 0.903. The van der Waals surface area contributed by atoms with Gasteiger partial charge in [0.15, 0.2) is 0 Å². The molecule has 112 valence electrons. The van der Waals surface area contributed by atoms with E-state index in [9.17, 15) is 9.59 Å². The fourth-order valence-corrected chi connectivity index (χ4v) is 2.12. The Balaban J connectivity index is 1.73.